The second-order valence-corrected chi connectivity index (χ2v) is 11.7. The molecule has 222 valence electrons. The van der Waals surface area contributed by atoms with Crippen LogP contribution in [0.25, 0.3) is 11.1 Å². The minimum atomic E-state index is -0.378. The van der Waals surface area contributed by atoms with Gasteiger partial charge < -0.3 is 14.7 Å². The summed E-state index contributed by atoms with van der Waals surface area (Å²) in [7, 11) is 0. The molecule has 0 aromatic heterocycles. The van der Waals surface area contributed by atoms with Crippen LogP contribution < -0.4 is 4.90 Å². The third kappa shape index (κ3) is 6.60. The quantitative estimate of drug-likeness (QED) is 0.0928. The maximum absolute atomic E-state index is 11.4. The number of hydrogen-bond acceptors (Lipinski definition) is 4. The number of aliphatic hydroxyl groups is 1. The number of anilines is 3. The lowest BCUT2D eigenvalue weighted by Gasteiger charge is -2.30. The van der Waals surface area contributed by atoms with E-state index in [0.717, 1.165) is 49.2 Å². The number of aliphatic hydroxyl groups excluding tert-OH is 1. The molecule has 4 aromatic rings. The van der Waals surface area contributed by atoms with Crippen molar-refractivity contribution in [3.63, 3.8) is 0 Å². The van der Waals surface area contributed by atoms with Crippen LogP contribution in [0.4, 0.5) is 17.1 Å². The van der Waals surface area contributed by atoms with Gasteiger partial charge >= 0.3 is 5.97 Å². The number of nitrogens with zero attached hydrogens (tertiary/aromatic N) is 1. The molecule has 1 unspecified atom stereocenters. The van der Waals surface area contributed by atoms with E-state index >= 15 is 0 Å². The molecule has 5 rings (SSSR count). The Kier molecular flexibility index (Phi) is 9.79. The lowest BCUT2D eigenvalue weighted by Crippen LogP contribution is -2.21. The highest BCUT2D eigenvalue weighted by molar-refractivity contribution is 5.85. The summed E-state index contributed by atoms with van der Waals surface area (Å²) >= 11 is 0. The highest BCUT2D eigenvalue weighted by Gasteiger charge is 2.39. The van der Waals surface area contributed by atoms with Gasteiger partial charge in [-0.15, -0.1) is 0 Å². The van der Waals surface area contributed by atoms with Crippen LogP contribution in [-0.2, 0) is 27.8 Å². The van der Waals surface area contributed by atoms with Crippen molar-refractivity contribution in [1.29, 1.82) is 0 Å². The highest BCUT2D eigenvalue weighted by Crippen LogP contribution is 2.52. The monoisotopic (exact) mass is 573 g/mol. The molecule has 4 aromatic carbocycles. The first-order chi connectivity index (χ1) is 21.0. The van der Waals surface area contributed by atoms with Crippen molar-refractivity contribution < 1.29 is 14.6 Å². The molecule has 0 aliphatic heterocycles. The first kappa shape index (κ1) is 30.3. The van der Waals surface area contributed by atoms with Crippen LogP contribution in [0.15, 0.2) is 104 Å². The fourth-order valence-corrected chi connectivity index (χ4v) is 6.37. The summed E-state index contributed by atoms with van der Waals surface area (Å²) in [6.07, 6.45) is 7.89. The van der Waals surface area contributed by atoms with E-state index < -0.39 is 0 Å². The van der Waals surface area contributed by atoms with Crippen molar-refractivity contribution >= 4 is 23.0 Å². The van der Waals surface area contributed by atoms with Crippen LogP contribution in [0.1, 0.15) is 68.2 Å². The van der Waals surface area contributed by atoms with E-state index in [9.17, 15) is 9.90 Å². The normalized spacial score (nSPS) is 15.0. The number of benzene rings is 4. The molecule has 0 fully saturated rings. The molecular weight excluding hydrogens is 530 g/mol. The molecule has 0 saturated heterocycles. The smallest absolute Gasteiger partial charge is 0.330 e. The summed E-state index contributed by atoms with van der Waals surface area (Å²) in [4.78, 5) is 13.7. The van der Waals surface area contributed by atoms with E-state index in [1.807, 2.05) is 0 Å². The number of carbonyl (C=O) groups excluding carboxylic acids is 1. The van der Waals surface area contributed by atoms with Crippen molar-refractivity contribution in [2.75, 3.05) is 18.1 Å². The molecule has 0 radical (unpaired) electrons. The number of rotatable bonds is 14. The van der Waals surface area contributed by atoms with Gasteiger partial charge in [0, 0.05) is 35.2 Å². The van der Waals surface area contributed by atoms with Crippen LogP contribution in [-0.4, -0.2) is 24.3 Å². The molecule has 43 heavy (non-hydrogen) atoms. The summed E-state index contributed by atoms with van der Waals surface area (Å²) in [5.74, 6) is -0.378. The van der Waals surface area contributed by atoms with Crippen LogP contribution in [0.2, 0.25) is 0 Å². The Morgan fingerprint density at radius 2 is 1.42 bits per heavy atom. The zero-order chi connectivity index (χ0) is 30.2. The predicted octanol–water partition coefficient (Wildman–Crippen LogP) is 9.22. The second-order valence-electron chi connectivity index (χ2n) is 11.7. The van der Waals surface area contributed by atoms with Gasteiger partial charge in [-0.1, -0.05) is 87.9 Å². The van der Waals surface area contributed by atoms with Gasteiger partial charge in [0.25, 0.3) is 0 Å². The van der Waals surface area contributed by atoms with Crippen molar-refractivity contribution in [2.45, 2.75) is 64.2 Å². The number of fused-ring (bicyclic) bond motifs is 3. The van der Waals surface area contributed by atoms with Gasteiger partial charge in [0.2, 0.25) is 0 Å². The Hall–Kier alpha value is -4.15. The van der Waals surface area contributed by atoms with Crippen molar-refractivity contribution in [1.82, 2.24) is 0 Å². The van der Waals surface area contributed by atoms with Gasteiger partial charge in [0.15, 0.2) is 0 Å². The van der Waals surface area contributed by atoms with E-state index in [2.05, 4.69) is 116 Å². The Morgan fingerprint density at radius 3 is 2.05 bits per heavy atom. The van der Waals surface area contributed by atoms with Crippen molar-refractivity contribution in [3.8, 4) is 11.1 Å². The summed E-state index contributed by atoms with van der Waals surface area (Å²) < 4.78 is 5.15. The Labute approximate surface area is 256 Å². The van der Waals surface area contributed by atoms with Crippen LogP contribution >= 0.6 is 0 Å². The molecule has 4 heteroatoms. The maximum atomic E-state index is 11.4. The van der Waals surface area contributed by atoms with Crippen molar-refractivity contribution in [3.05, 3.63) is 126 Å². The van der Waals surface area contributed by atoms with E-state index in [1.54, 1.807) is 0 Å². The zero-order valence-corrected chi connectivity index (χ0v) is 25.5. The lowest BCUT2D eigenvalue weighted by atomic mass is 9.76. The second kappa shape index (κ2) is 13.9. The van der Waals surface area contributed by atoms with Crippen LogP contribution in [0.5, 0.6) is 0 Å². The third-order valence-electron chi connectivity index (χ3n) is 8.73. The van der Waals surface area contributed by atoms with Crippen LogP contribution in [0, 0.1) is 0 Å². The molecule has 0 bridgehead atoms. The van der Waals surface area contributed by atoms with Gasteiger partial charge in [0.05, 0.1) is 6.61 Å². The average Bonchev–Trinajstić information content (AvgIpc) is 3.30. The predicted molar refractivity (Wildman–Crippen MR) is 177 cm³/mol. The van der Waals surface area contributed by atoms with Gasteiger partial charge in [0.1, 0.15) is 0 Å². The fraction of sp³-hybridized carbons (Fsp3) is 0.308. The Balaban J connectivity index is 1.50. The molecule has 0 saturated carbocycles. The number of unbranched alkanes of at least 4 members (excludes halogenated alkanes) is 1. The maximum Gasteiger partial charge on any atom is 0.330 e. The van der Waals surface area contributed by atoms with E-state index in [-0.39, 0.29) is 18.0 Å². The van der Waals surface area contributed by atoms with E-state index in [4.69, 9.17) is 4.74 Å². The van der Waals surface area contributed by atoms with E-state index in [0.29, 0.717) is 6.61 Å². The fourth-order valence-electron chi connectivity index (χ4n) is 6.37. The minimum Gasteiger partial charge on any atom is -0.463 e. The molecule has 0 amide bonds. The largest absolute Gasteiger partial charge is 0.463 e. The molecule has 1 aliphatic carbocycles. The first-order valence-corrected chi connectivity index (χ1v) is 15.6. The SMILES string of the molecule is C=CC(=O)OCCCc1ccc(N(c2ccc(CCCO)cc2)c2ccc3c(c2)C(C)(CCCC)c2ccccc2-3)cc1. The number of carbonyl (C=O) groups is 1. The molecule has 1 aliphatic rings. The topological polar surface area (TPSA) is 49.8 Å². The highest BCUT2D eigenvalue weighted by atomic mass is 16.5. The summed E-state index contributed by atoms with van der Waals surface area (Å²) in [6, 6.07) is 33.3. The van der Waals surface area contributed by atoms with E-state index in [1.165, 1.54) is 52.3 Å². The standard InChI is InChI=1S/C39H43NO3/c1-4-6-25-39(3)36-14-8-7-13-34(36)35-24-23-33(28-37(35)39)40(31-19-15-29(16-20-31)11-9-26-41)32-21-17-30(18-22-32)12-10-27-43-38(42)5-2/h5,7-8,13-24,28,41H,2,4,6,9-12,25-27H2,1,3H3. The average molecular weight is 574 g/mol. The molecule has 1 N–H and O–H groups in total. The zero-order valence-electron chi connectivity index (χ0n) is 25.5. The molecule has 4 nitrogen and oxygen atoms in total. The number of esters is 1. The number of ether oxygens (including phenoxy) is 1. The summed E-state index contributed by atoms with van der Waals surface area (Å²) in [5.41, 5.74) is 11.2. The Bertz CT molecular complexity index is 1540. The Morgan fingerprint density at radius 1 is 0.814 bits per heavy atom. The summed E-state index contributed by atoms with van der Waals surface area (Å²) in [6.45, 7) is 8.72. The molecular formula is C39H43NO3. The third-order valence-corrected chi connectivity index (χ3v) is 8.73. The number of aryl methyl sites for hydroxylation is 2. The van der Waals surface area contributed by atoms with Gasteiger partial charge in [-0.2, -0.15) is 0 Å². The lowest BCUT2D eigenvalue weighted by molar-refractivity contribution is -0.137. The van der Waals surface area contributed by atoms with Gasteiger partial charge in [-0.3, -0.25) is 0 Å². The van der Waals surface area contributed by atoms with Crippen LogP contribution in [0.3, 0.4) is 0 Å². The molecule has 0 spiro atoms. The summed E-state index contributed by atoms with van der Waals surface area (Å²) in [5, 5.41) is 9.30. The molecule has 0 heterocycles. The first-order valence-electron chi connectivity index (χ1n) is 15.6. The molecule has 1 atom stereocenters. The van der Waals surface area contributed by atoms with Crippen molar-refractivity contribution in [2.24, 2.45) is 0 Å². The number of hydrogen-bond donors (Lipinski definition) is 1. The van der Waals surface area contributed by atoms with Gasteiger partial charge in [-0.05, 0) is 102 Å². The van der Waals surface area contributed by atoms with Gasteiger partial charge in [-0.25, -0.2) is 4.79 Å². The minimum absolute atomic E-state index is 0.0311.